The van der Waals surface area contributed by atoms with Crippen LogP contribution in [0.1, 0.15) is 32.1 Å². The number of aromatic nitrogens is 1. The fourth-order valence-electron chi connectivity index (χ4n) is 3.06. The maximum atomic E-state index is 12.3. The number of rotatable bonds is 3. The Bertz CT molecular complexity index is 429. The van der Waals surface area contributed by atoms with Crippen LogP contribution in [0.5, 0.6) is 5.75 Å². The minimum Gasteiger partial charge on any atom is -0.487 e. The van der Waals surface area contributed by atoms with Crippen molar-refractivity contribution in [1.29, 1.82) is 0 Å². The van der Waals surface area contributed by atoms with Crippen LogP contribution in [0, 0.1) is 5.92 Å². The van der Waals surface area contributed by atoms with Crippen LogP contribution in [-0.4, -0.2) is 35.0 Å². The van der Waals surface area contributed by atoms with Crippen LogP contribution < -0.4 is 4.74 Å². The molecule has 0 N–H and O–H groups in total. The molecule has 19 heavy (non-hydrogen) atoms. The van der Waals surface area contributed by atoms with E-state index in [1.54, 1.807) is 12.4 Å². The lowest BCUT2D eigenvalue weighted by atomic mass is 10.1. The van der Waals surface area contributed by atoms with E-state index in [2.05, 4.69) is 4.98 Å². The Morgan fingerprint density at radius 3 is 2.89 bits per heavy atom. The molecule has 0 radical (unpaired) electrons. The lowest BCUT2D eigenvalue weighted by molar-refractivity contribution is -0.134. The Morgan fingerprint density at radius 1 is 1.32 bits per heavy atom. The predicted molar refractivity (Wildman–Crippen MR) is 71.8 cm³/mol. The fourth-order valence-corrected chi connectivity index (χ4v) is 3.06. The first-order chi connectivity index (χ1) is 9.33. The second-order valence-corrected chi connectivity index (χ2v) is 5.48. The van der Waals surface area contributed by atoms with Gasteiger partial charge in [-0.3, -0.25) is 9.78 Å². The molecule has 3 rings (SSSR count). The van der Waals surface area contributed by atoms with Crippen LogP contribution in [0.4, 0.5) is 0 Å². The van der Waals surface area contributed by atoms with Crippen molar-refractivity contribution >= 4 is 5.91 Å². The second kappa shape index (κ2) is 5.59. The highest BCUT2D eigenvalue weighted by atomic mass is 16.5. The van der Waals surface area contributed by atoms with E-state index in [-0.39, 0.29) is 12.0 Å². The van der Waals surface area contributed by atoms with Gasteiger partial charge in [0.25, 0.3) is 0 Å². The molecule has 0 unspecified atom stereocenters. The molecule has 0 spiro atoms. The third-order valence-electron chi connectivity index (χ3n) is 4.10. The molecule has 1 saturated carbocycles. The van der Waals surface area contributed by atoms with E-state index in [1.807, 2.05) is 17.0 Å². The van der Waals surface area contributed by atoms with E-state index in [9.17, 15) is 4.79 Å². The molecule has 0 bridgehead atoms. The Balaban J connectivity index is 1.53. The SMILES string of the molecule is O=C(C1CCCC1)N1CC[C@@H](Oc2cccnc2)C1. The molecule has 1 aliphatic heterocycles. The molecule has 102 valence electrons. The zero-order valence-electron chi connectivity index (χ0n) is 11.1. The van der Waals surface area contributed by atoms with Crippen LogP contribution in [-0.2, 0) is 4.79 Å². The van der Waals surface area contributed by atoms with E-state index >= 15 is 0 Å². The summed E-state index contributed by atoms with van der Waals surface area (Å²) in [6, 6.07) is 3.78. The van der Waals surface area contributed by atoms with Crippen molar-refractivity contribution in [1.82, 2.24) is 9.88 Å². The molecule has 2 heterocycles. The summed E-state index contributed by atoms with van der Waals surface area (Å²) in [5, 5.41) is 0. The van der Waals surface area contributed by atoms with Crippen LogP contribution in [0.2, 0.25) is 0 Å². The first-order valence-electron chi connectivity index (χ1n) is 7.18. The number of hydrogen-bond acceptors (Lipinski definition) is 3. The number of carbonyl (C=O) groups excluding carboxylic acids is 1. The molecule has 1 atom stereocenters. The summed E-state index contributed by atoms with van der Waals surface area (Å²) >= 11 is 0. The third-order valence-corrected chi connectivity index (χ3v) is 4.10. The minimum atomic E-state index is 0.120. The number of carbonyl (C=O) groups is 1. The zero-order valence-corrected chi connectivity index (χ0v) is 11.1. The van der Waals surface area contributed by atoms with E-state index in [0.29, 0.717) is 5.91 Å². The van der Waals surface area contributed by atoms with Crippen molar-refractivity contribution in [3.8, 4) is 5.75 Å². The Labute approximate surface area is 113 Å². The normalized spacial score (nSPS) is 23.8. The average Bonchev–Trinajstić information content (AvgIpc) is 3.10. The number of hydrogen-bond donors (Lipinski definition) is 0. The number of nitrogens with zero attached hydrogens (tertiary/aromatic N) is 2. The molecule has 1 saturated heterocycles. The van der Waals surface area contributed by atoms with Gasteiger partial charge in [-0.15, -0.1) is 0 Å². The van der Waals surface area contributed by atoms with Gasteiger partial charge in [0.2, 0.25) is 5.91 Å². The smallest absolute Gasteiger partial charge is 0.225 e. The predicted octanol–water partition coefficient (Wildman–Crippen LogP) is 2.25. The molecule has 1 amide bonds. The van der Waals surface area contributed by atoms with Crippen molar-refractivity contribution < 1.29 is 9.53 Å². The van der Waals surface area contributed by atoms with Gasteiger partial charge in [0.1, 0.15) is 11.9 Å². The van der Waals surface area contributed by atoms with E-state index in [4.69, 9.17) is 4.74 Å². The number of likely N-dealkylation sites (tertiary alicyclic amines) is 1. The maximum Gasteiger partial charge on any atom is 0.225 e. The first kappa shape index (κ1) is 12.5. The average molecular weight is 260 g/mol. The summed E-state index contributed by atoms with van der Waals surface area (Å²) in [7, 11) is 0. The highest BCUT2D eigenvalue weighted by molar-refractivity contribution is 5.79. The lowest BCUT2D eigenvalue weighted by Gasteiger charge is -2.20. The van der Waals surface area contributed by atoms with Gasteiger partial charge in [-0.1, -0.05) is 12.8 Å². The minimum absolute atomic E-state index is 0.120. The molecule has 1 aromatic heterocycles. The highest BCUT2D eigenvalue weighted by Crippen LogP contribution is 2.28. The highest BCUT2D eigenvalue weighted by Gasteiger charge is 2.32. The van der Waals surface area contributed by atoms with E-state index < -0.39 is 0 Å². The van der Waals surface area contributed by atoms with Crippen molar-refractivity contribution in [3.63, 3.8) is 0 Å². The molecule has 4 nitrogen and oxygen atoms in total. The topological polar surface area (TPSA) is 42.4 Å². The fraction of sp³-hybridized carbons (Fsp3) is 0.600. The van der Waals surface area contributed by atoms with Crippen LogP contribution in [0.15, 0.2) is 24.5 Å². The summed E-state index contributed by atoms with van der Waals surface area (Å²) in [6.45, 7) is 1.56. The molecule has 4 heteroatoms. The number of amides is 1. The Morgan fingerprint density at radius 2 is 2.16 bits per heavy atom. The standard InChI is InChI=1S/C15H20N2O2/c18-15(12-4-1-2-5-12)17-9-7-14(11-17)19-13-6-3-8-16-10-13/h3,6,8,10,12,14H,1-2,4-5,7,9,11H2/t14-/m1/s1. The lowest BCUT2D eigenvalue weighted by Crippen LogP contribution is -2.34. The molecule has 2 fully saturated rings. The zero-order chi connectivity index (χ0) is 13.1. The Hall–Kier alpha value is -1.58. The summed E-state index contributed by atoms with van der Waals surface area (Å²) < 4.78 is 5.86. The quantitative estimate of drug-likeness (QED) is 0.837. The summed E-state index contributed by atoms with van der Waals surface area (Å²) in [6.07, 6.45) is 9.06. The summed E-state index contributed by atoms with van der Waals surface area (Å²) in [5.74, 6) is 1.41. The van der Waals surface area contributed by atoms with Gasteiger partial charge in [0.15, 0.2) is 0 Å². The second-order valence-electron chi connectivity index (χ2n) is 5.48. The van der Waals surface area contributed by atoms with Crippen molar-refractivity contribution in [3.05, 3.63) is 24.5 Å². The molecule has 0 aromatic carbocycles. The number of ether oxygens (including phenoxy) is 1. The number of pyridine rings is 1. The van der Waals surface area contributed by atoms with Gasteiger partial charge in [-0.25, -0.2) is 0 Å². The van der Waals surface area contributed by atoms with Crippen molar-refractivity contribution in [2.75, 3.05) is 13.1 Å². The van der Waals surface area contributed by atoms with Crippen molar-refractivity contribution in [2.24, 2.45) is 5.92 Å². The monoisotopic (exact) mass is 260 g/mol. The molecule has 1 aromatic rings. The molecular formula is C15H20N2O2. The molecule has 2 aliphatic rings. The van der Waals surface area contributed by atoms with E-state index in [1.165, 1.54) is 12.8 Å². The van der Waals surface area contributed by atoms with Gasteiger partial charge in [-0.05, 0) is 25.0 Å². The van der Waals surface area contributed by atoms with Gasteiger partial charge in [0, 0.05) is 25.1 Å². The van der Waals surface area contributed by atoms with Crippen LogP contribution in [0.3, 0.4) is 0 Å². The summed E-state index contributed by atoms with van der Waals surface area (Å²) in [5.41, 5.74) is 0. The van der Waals surface area contributed by atoms with Crippen LogP contribution in [0.25, 0.3) is 0 Å². The van der Waals surface area contributed by atoms with Crippen LogP contribution >= 0.6 is 0 Å². The largest absolute Gasteiger partial charge is 0.487 e. The summed E-state index contributed by atoms with van der Waals surface area (Å²) in [4.78, 5) is 18.3. The van der Waals surface area contributed by atoms with Gasteiger partial charge in [0.05, 0.1) is 12.7 Å². The van der Waals surface area contributed by atoms with E-state index in [0.717, 1.165) is 38.1 Å². The maximum absolute atomic E-state index is 12.3. The van der Waals surface area contributed by atoms with Gasteiger partial charge >= 0.3 is 0 Å². The Kier molecular flexibility index (Phi) is 3.67. The van der Waals surface area contributed by atoms with Gasteiger partial charge < -0.3 is 9.64 Å². The molecule has 1 aliphatic carbocycles. The molecular weight excluding hydrogens is 240 g/mol. The van der Waals surface area contributed by atoms with Crippen molar-refractivity contribution in [2.45, 2.75) is 38.2 Å². The van der Waals surface area contributed by atoms with Gasteiger partial charge in [-0.2, -0.15) is 0 Å². The third kappa shape index (κ3) is 2.88. The first-order valence-corrected chi connectivity index (χ1v) is 7.18.